The molecule has 3 aromatic rings. The van der Waals surface area contributed by atoms with Gasteiger partial charge in [-0.3, -0.25) is 9.58 Å². The highest BCUT2D eigenvalue weighted by Gasteiger charge is 2.48. The van der Waals surface area contributed by atoms with E-state index in [0.717, 1.165) is 74.0 Å². The maximum Gasteiger partial charge on any atom is 0.145 e. The van der Waals surface area contributed by atoms with Gasteiger partial charge in [0.15, 0.2) is 0 Å². The second kappa shape index (κ2) is 9.82. The van der Waals surface area contributed by atoms with E-state index in [9.17, 15) is 5.26 Å². The molecule has 5 rings (SSSR count). The lowest BCUT2D eigenvalue weighted by atomic mass is 9.70. The van der Waals surface area contributed by atoms with E-state index in [-0.39, 0.29) is 0 Å². The van der Waals surface area contributed by atoms with Crippen LogP contribution in [0, 0.1) is 11.3 Å². The van der Waals surface area contributed by atoms with E-state index >= 15 is 0 Å². The SMILES string of the molecule is [2H]C(C#N)[C@]1(n2cc(-c3ncnc4c3ccn4COCC[Si](C)(C)C)cn2)C[C@@H](N2CCNCC2)C1. The first-order valence-electron chi connectivity index (χ1n) is 13.1. The number of hydrogen-bond acceptors (Lipinski definition) is 7. The van der Waals surface area contributed by atoms with Crippen molar-refractivity contribution in [2.24, 2.45) is 0 Å². The van der Waals surface area contributed by atoms with E-state index < -0.39 is 20.0 Å². The van der Waals surface area contributed by atoms with Crippen molar-refractivity contribution < 1.29 is 6.11 Å². The van der Waals surface area contributed by atoms with Gasteiger partial charge in [0, 0.05) is 71.6 Å². The van der Waals surface area contributed by atoms with Gasteiger partial charge >= 0.3 is 0 Å². The predicted molar refractivity (Wildman–Crippen MR) is 139 cm³/mol. The molecule has 0 amide bonds. The fraction of sp³-hybridized carbons (Fsp3) is 0.600. The van der Waals surface area contributed by atoms with Crippen LogP contribution in [0.25, 0.3) is 22.3 Å². The zero-order chi connectivity index (χ0) is 25.3. The summed E-state index contributed by atoms with van der Waals surface area (Å²) in [5, 5.41) is 18.7. The van der Waals surface area contributed by atoms with E-state index in [1.54, 1.807) is 12.5 Å². The Morgan fingerprint density at radius 1 is 1.29 bits per heavy atom. The molecule has 1 aliphatic heterocycles. The number of rotatable bonds is 9. The summed E-state index contributed by atoms with van der Waals surface area (Å²) in [6, 6.07) is 5.72. The summed E-state index contributed by atoms with van der Waals surface area (Å²) >= 11 is 0. The number of aromatic nitrogens is 5. The molecule has 10 heteroatoms. The average Bonchev–Trinajstić information content (AvgIpc) is 3.49. The first-order valence-corrected chi connectivity index (χ1v) is 16.2. The largest absolute Gasteiger partial charge is 0.361 e. The Balaban J connectivity index is 1.35. The molecular weight excluding hydrogens is 456 g/mol. The van der Waals surface area contributed by atoms with Gasteiger partial charge in [0.2, 0.25) is 0 Å². The van der Waals surface area contributed by atoms with Gasteiger partial charge in [-0.25, -0.2) is 9.97 Å². The lowest BCUT2D eigenvalue weighted by molar-refractivity contribution is -0.00108. The van der Waals surface area contributed by atoms with E-state index in [0.29, 0.717) is 12.8 Å². The van der Waals surface area contributed by atoms with Crippen molar-refractivity contribution in [2.45, 2.75) is 63.2 Å². The summed E-state index contributed by atoms with van der Waals surface area (Å²) in [6.45, 7) is 12.3. The Hall–Kier alpha value is -2.58. The van der Waals surface area contributed by atoms with Gasteiger partial charge in [0.25, 0.3) is 0 Å². The van der Waals surface area contributed by atoms with Crippen LogP contribution in [0.5, 0.6) is 0 Å². The molecule has 3 aromatic heterocycles. The summed E-state index contributed by atoms with van der Waals surface area (Å²) in [7, 11) is -1.13. The average molecular weight is 494 g/mol. The predicted octanol–water partition coefficient (Wildman–Crippen LogP) is 3.28. The number of nitrogens with one attached hydrogen (secondary N) is 1. The molecule has 1 N–H and O–H groups in total. The van der Waals surface area contributed by atoms with Crippen molar-refractivity contribution >= 4 is 19.1 Å². The number of ether oxygens (including phenoxy) is 1. The van der Waals surface area contributed by atoms with Crippen molar-refractivity contribution in [2.75, 3.05) is 32.8 Å². The van der Waals surface area contributed by atoms with Crippen LogP contribution in [0.3, 0.4) is 0 Å². The van der Waals surface area contributed by atoms with Gasteiger partial charge in [-0.1, -0.05) is 19.6 Å². The number of piperazine rings is 1. The zero-order valence-corrected chi connectivity index (χ0v) is 21.9. The van der Waals surface area contributed by atoms with Gasteiger partial charge < -0.3 is 14.6 Å². The van der Waals surface area contributed by atoms with Gasteiger partial charge in [-0.05, 0) is 25.0 Å². The minimum absolute atomic E-state index is 0.390. The Morgan fingerprint density at radius 3 is 2.83 bits per heavy atom. The van der Waals surface area contributed by atoms with E-state index in [1.807, 2.05) is 27.7 Å². The molecule has 0 spiro atoms. The fourth-order valence-corrected chi connectivity index (χ4v) is 5.88. The van der Waals surface area contributed by atoms with E-state index in [1.165, 1.54) is 0 Å². The lowest BCUT2D eigenvalue weighted by Gasteiger charge is -2.51. The summed E-state index contributed by atoms with van der Waals surface area (Å²) in [5.74, 6) is 0. The standard InChI is InChI=1S/C25H36N8OSi/c1-35(2,3)13-12-34-19-32-9-4-22-23(28-18-29-24(22)32)20-16-30-33(17-20)25(5-6-26)14-21(15-25)31-10-7-27-8-11-31/h4,9,16-18,21,27H,5,7-8,10-15,19H2,1-3H3/t21-,25+/i5D/t5?,21-,25+. The van der Waals surface area contributed by atoms with Crippen LogP contribution in [0.2, 0.25) is 25.7 Å². The third-order valence-electron chi connectivity index (χ3n) is 7.27. The molecule has 1 saturated heterocycles. The molecule has 0 bridgehead atoms. The topological polar surface area (TPSA) is 96.8 Å². The summed E-state index contributed by atoms with van der Waals surface area (Å²) < 4.78 is 18.3. The van der Waals surface area contributed by atoms with Crippen LogP contribution >= 0.6 is 0 Å². The lowest BCUT2D eigenvalue weighted by Crippen LogP contribution is -2.59. The summed E-state index contributed by atoms with van der Waals surface area (Å²) in [4.78, 5) is 11.6. The number of fused-ring (bicyclic) bond motifs is 1. The highest BCUT2D eigenvalue weighted by Crippen LogP contribution is 2.45. The normalized spacial score (nSPS) is 24.6. The summed E-state index contributed by atoms with van der Waals surface area (Å²) in [6.07, 6.45) is 7.98. The van der Waals surface area contributed by atoms with Crippen LogP contribution in [-0.2, 0) is 17.0 Å². The fourth-order valence-electron chi connectivity index (χ4n) is 5.12. The van der Waals surface area contributed by atoms with Crippen LogP contribution in [0.4, 0.5) is 0 Å². The Morgan fingerprint density at radius 2 is 2.09 bits per heavy atom. The van der Waals surface area contributed by atoms with Gasteiger partial charge in [-0.2, -0.15) is 10.4 Å². The van der Waals surface area contributed by atoms with Crippen LogP contribution < -0.4 is 5.32 Å². The van der Waals surface area contributed by atoms with E-state index in [2.05, 4.69) is 51.0 Å². The molecule has 0 radical (unpaired) electrons. The molecule has 1 atom stereocenters. The van der Waals surface area contributed by atoms with Gasteiger partial charge in [-0.15, -0.1) is 0 Å². The van der Waals surface area contributed by atoms with Crippen LogP contribution in [0.15, 0.2) is 31.0 Å². The first-order chi connectivity index (χ1) is 17.3. The van der Waals surface area contributed by atoms with Crippen molar-refractivity contribution in [3.63, 3.8) is 0 Å². The zero-order valence-electron chi connectivity index (χ0n) is 21.9. The number of hydrogen-bond donors (Lipinski definition) is 1. The minimum atomic E-state index is -1.13. The molecule has 35 heavy (non-hydrogen) atoms. The second-order valence-electron chi connectivity index (χ2n) is 11.0. The number of nitrogens with zero attached hydrogens (tertiary/aromatic N) is 7. The van der Waals surface area contributed by atoms with Gasteiger partial charge in [0.05, 0.1) is 29.9 Å². The third kappa shape index (κ3) is 5.04. The third-order valence-corrected chi connectivity index (χ3v) is 8.98. The maximum absolute atomic E-state index is 9.66. The molecule has 2 aliphatic rings. The minimum Gasteiger partial charge on any atom is -0.361 e. The van der Waals surface area contributed by atoms with Crippen molar-refractivity contribution in [3.8, 4) is 17.3 Å². The highest BCUT2D eigenvalue weighted by molar-refractivity contribution is 6.76. The summed E-state index contributed by atoms with van der Waals surface area (Å²) in [5.41, 5.74) is 1.90. The molecule has 1 aliphatic carbocycles. The quantitative estimate of drug-likeness (QED) is 0.361. The van der Waals surface area contributed by atoms with Gasteiger partial charge in [0.1, 0.15) is 18.7 Å². The first kappa shape index (κ1) is 22.9. The Labute approximate surface area is 209 Å². The molecule has 1 unspecified atom stereocenters. The molecule has 2 fully saturated rings. The van der Waals surface area contributed by atoms with Crippen molar-refractivity contribution in [1.82, 2.24) is 34.5 Å². The molecule has 0 aromatic carbocycles. The Bertz CT molecular complexity index is 1230. The maximum atomic E-state index is 9.66. The second-order valence-corrected chi connectivity index (χ2v) is 16.6. The smallest absolute Gasteiger partial charge is 0.145 e. The van der Waals surface area contributed by atoms with Crippen LogP contribution in [0.1, 0.15) is 20.6 Å². The van der Waals surface area contributed by atoms with Crippen molar-refractivity contribution in [3.05, 3.63) is 31.0 Å². The molecular formula is C25H36N8OSi. The number of nitriles is 1. The molecule has 4 heterocycles. The molecule has 9 nitrogen and oxygen atoms in total. The van der Waals surface area contributed by atoms with Crippen molar-refractivity contribution in [1.29, 1.82) is 5.26 Å². The Kier molecular flexibility index (Phi) is 6.41. The highest BCUT2D eigenvalue weighted by atomic mass is 28.3. The molecule has 1 saturated carbocycles. The molecule has 186 valence electrons. The van der Waals surface area contributed by atoms with Crippen LogP contribution in [-0.4, -0.2) is 76.1 Å². The van der Waals surface area contributed by atoms with E-state index in [4.69, 9.17) is 6.11 Å². The monoisotopic (exact) mass is 493 g/mol.